The van der Waals surface area contributed by atoms with Crippen LogP contribution in [0.4, 0.5) is 14.5 Å². The first kappa shape index (κ1) is 24.0. The lowest BCUT2D eigenvalue weighted by Crippen LogP contribution is -2.19. The Hall–Kier alpha value is -3.12. The van der Waals surface area contributed by atoms with Crippen molar-refractivity contribution >= 4 is 26.6 Å². The molecule has 6 nitrogen and oxygen atoms in total. The Bertz CT molecular complexity index is 1320. The second-order valence-electron chi connectivity index (χ2n) is 9.13. The number of alkyl halides is 2. The lowest BCUT2D eigenvalue weighted by atomic mass is 10.1. The van der Waals surface area contributed by atoms with Crippen LogP contribution in [0, 0.1) is 23.2 Å². The van der Waals surface area contributed by atoms with Gasteiger partial charge in [-0.05, 0) is 60.6 Å². The number of fused-ring (bicyclic) bond motifs is 1. The van der Waals surface area contributed by atoms with Crippen LogP contribution in [0.5, 0.6) is 5.75 Å². The van der Waals surface area contributed by atoms with Gasteiger partial charge in [-0.3, -0.25) is 4.72 Å². The molecule has 2 aromatic carbocycles. The third kappa shape index (κ3) is 5.50. The summed E-state index contributed by atoms with van der Waals surface area (Å²) in [5.74, 6) is 0.841. The number of nitriles is 1. The number of nitrogens with one attached hydrogen (secondary N) is 1. The zero-order chi connectivity index (χ0) is 24.5. The van der Waals surface area contributed by atoms with Gasteiger partial charge in [-0.1, -0.05) is 26.0 Å². The Morgan fingerprint density at radius 2 is 1.88 bits per heavy atom. The summed E-state index contributed by atoms with van der Waals surface area (Å²) in [6, 6.07) is 14.3. The average molecular weight is 488 g/mol. The molecule has 180 valence electrons. The summed E-state index contributed by atoms with van der Waals surface area (Å²) >= 11 is 0. The molecule has 4 rings (SSSR count). The van der Waals surface area contributed by atoms with Crippen LogP contribution in [0.1, 0.15) is 32.3 Å². The highest BCUT2D eigenvalue weighted by Gasteiger charge is 2.27. The zero-order valence-corrected chi connectivity index (χ0v) is 19.9. The quantitative estimate of drug-likeness (QED) is 0.402. The van der Waals surface area contributed by atoms with Crippen LogP contribution >= 0.6 is 0 Å². The molecule has 34 heavy (non-hydrogen) atoms. The first-order valence-corrected chi connectivity index (χ1v) is 12.9. The van der Waals surface area contributed by atoms with E-state index in [1.807, 2.05) is 13.8 Å². The first-order valence-electron chi connectivity index (χ1n) is 11.2. The Morgan fingerprint density at radius 3 is 2.47 bits per heavy atom. The van der Waals surface area contributed by atoms with E-state index in [1.165, 1.54) is 0 Å². The van der Waals surface area contributed by atoms with E-state index in [2.05, 4.69) is 15.4 Å². The zero-order valence-electron chi connectivity index (χ0n) is 19.1. The summed E-state index contributed by atoms with van der Waals surface area (Å²) in [7, 11) is -3.45. The summed E-state index contributed by atoms with van der Waals surface area (Å²) in [5.41, 5.74) is 3.23. The Balaban J connectivity index is 1.74. The summed E-state index contributed by atoms with van der Waals surface area (Å²) < 4.78 is 59.6. The predicted molar refractivity (Wildman–Crippen MR) is 129 cm³/mol. The minimum Gasteiger partial charge on any atom is -0.488 e. The lowest BCUT2D eigenvalue weighted by molar-refractivity contribution is 0.0820. The van der Waals surface area contributed by atoms with Gasteiger partial charge in [0.05, 0.1) is 22.5 Å². The molecule has 0 radical (unpaired) electrons. The molecule has 3 aromatic rings. The Morgan fingerprint density at radius 1 is 1.18 bits per heavy atom. The van der Waals surface area contributed by atoms with Gasteiger partial charge in [0.1, 0.15) is 18.4 Å². The highest BCUT2D eigenvalue weighted by atomic mass is 32.2. The number of rotatable bonds is 10. The van der Waals surface area contributed by atoms with Crippen LogP contribution in [0.3, 0.4) is 0 Å². The fourth-order valence-electron chi connectivity index (χ4n) is 4.10. The van der Waals surface area contributed by atoms with Gasteiger partial charge in [0.15, 0.2) is 0 Å². The molecule has 1 aliphatic carbocycles. The molecule has 1 saturated carbocycles. The molecule has 1 aliphatic rings. The number of sulfonamides is 1. The third-order valence-corrected chi connectivity index (χ3v) is 7.30. The number of benzene rings is 2. The van der Waals surface area contributed by atoms with E-state index in [-0.39, 0.29) is 17.4 Å². The van der Waals surface area contributed by atoms with E-state index in [1.54, 1.807) is 42.5 Å². The summed E-state index contributed by atoms with van der Waals surface area (Å²) in [4.78, 5) is 0. The fourth-order valence-corrected chi connectivity index (χ4v) is 5.56. The molecule has 0 saturated heterocycles. The smallest absolute Gasteiger partial charge is 0.272 e. The number of anilines is 1. The van der Waals surface area contributed by atoms with Crippen molar-refractivity contribution in [1.82, 2.24) is 4.57 Å². The second kappa shape index (κ2) is 9.63. The van der Waals surface area contributed by atoms with Crippen molar-refractivity contribution in [2.45, 2.75) is 39.7 Å². The van der Waals surface area contributed by atoms with Crippen LogP contribution in [-0.2, 0) is 16.6 Å². The second-order valence-corrected chi connectivity index (χ2v) is 10.9. The van der Waals surface area contributed by atoms with Crippen molar-refractivity contribution in [3.8, 4) is 23.1 Å². The highest BCUT2D eigenvalue weighted by Crippen LogP contribution is 2.39. The van der Waals surface area contributed by atoms with Gasteiger partial charge < -0.3 is 9.30 Å². The molecule has 9 heteroatoms. The Labute approximate surface area is 198 Å². The molecule has 0 unspecified atom stereocenters. The van der Waals surface area contributed by atoms with E-state index in [4.69, 9.17) is 4.74 Å². The van der Waals surface area contributed by atoms with Crippen molar-refractivity contribution in [3.63, 3.8) is 0 Å². The maximum Gasteiger partial charge on any atom is 0.272 e. The average Bonchev–Trinajstić information content (AvgIpc) is 3.53. The van der Waals surface area contributed by atoms with Gasteiger partial charge in [-0.25, -0.2) is 17.2 Å². The molecular formula is C25H27F2N3O3S. The number of halogens is 2. The lowest BCUT2D eigenvalue weighted by Gasteiger charge is -2.13. The van der Waals surface area contributed by atoms with Crippen molar-refractivity contribution in [2.75, 3.05) is 17.1 Å². The van der Waals surface area contributed by atoms with Crippen LogP contribution in [0.25, 0.3) is 22.2 Å². The fraction of sp³-hybridized carbons (Fsp3) is 0.400. The van der Waals surface area contributed by atoms with Gasteiger partial charge in [0.25, 0.3) is 6.43 Å². The number of hydrogen-bond donors (Lipinski definition) is 1. The topological polar surface area (TPSA) is 84.1 Å². The Kier molecular flexibility index (Phi) is 6.80. The largest absolute Gasteiger partial charge is 0.488 e. The van der Waals surface area contributed by atoms with Crippen LogP contribution in [-0.4, -0.2) is 31.8 Å². The summed E-state index contributed by atoms with van der Waals surface area (Å²) in [6.45, 7) is 3.72. The molecule has 1 N–H and O–H groups in total. The molecular weight excluding hydrogens is 460 g/mol. The van der Waals surface area contributed by atoms with Crippen molar-refractivity contribution in [1.29, 1.82) is 5.26 Å². The van der Waals surface area contributed by atoms with E-state index >= 15 is 0 Å². The van der Waals surface area contributed by atoms with Crippen LogP contribution in [0.2, 0.25) is 0 Å². The molecule has 0 aliphatic heterocycles. The van der Waals surface area contributed by atoms with Gasteiger partial charge in [-0.15, -0.1) is 0 Å². The van der Waals surface area contributed by atoms with E-state index in [0.717, 1.165) is 36.2 Å². The molecule has 1 aromatic heterocycles. The van der Waals surface area contributed by atoms with Crippen molar-refractivity contribution < 1.29 is 21.9 Å². The maximum atomic E-state index is 12.6. The molecule has 0 atom stereocenters. The third-order valence-electron chi connectivity index (χ3n) is 5.64. The van der Waals surface area contributed by atoms with E-state index < -0.39 is 23.1 Å². The minimum atomic E-state index is -3.45. The van der Waals surface area contributed by atoms with Gasteiger partial charge in [0.2, 0.25) is 10.0 Å². The number of hydrogen-bond acceptors (Lipinski definition) is 4. The van der Waals surface area contributed by atoms with Gasteiger partial charge >= 0.3 is 0 Å². The molecule has 1 fully saturated rings. The first-order chi connectivity index (χ1) is 16.2. The number of aromatic nitrogens is 1. The van der Waals surface area contributed by atoms with E-state index in [9.17, 15) is 22.5 Å². The van der Waals surface area contributed by atoms with Gasteiger partial charge in [-0.2, -0.15) is 5.26 Å². The van der Waals surface area contributed by atoms with E-state index in [0.29, 0.717) is 22.6 Å². The molecule has 1 heterocycles. The van der Waals surface area contributed by atoms with Crippen molar-refractivity contribution in [3.05, 3.63) is 48.0 Å². The van der Waals surface area contributed by atoms with Crippen molar-refractivity contribution in [2.24, 2.45) is 11.8 Å². The monoisotopic (exact) mass is 487 g/mol. The SMILES string of the molecule is CC(C)CS(=O)(=O)Nc1ccc(-c2c(C#N)c3cc(OCC(F)F)ccc3n2CC2CC2)cc1. The van der Waals surface area contributed by atoms with Crippen LogP contribution < -0.4 is 9.46 Å². The number of ether oxygens (including phenoxy) is 1. The molecule has 0 amide bonds. The normalized spacial score (nSPS) is 14.0. The van der Waals surface area contributed by atoms with Gasteiger partial charge in [0, 0.05) is 17.6 Å². The number of nitrogens with zero attached hydrogens (tertiary/aromatic N) is 2. The summed E-state index contributed by atoms with van der Waals surface area (Å²) in [5, 5.41) is 10.7. The predicted octanol–water partition coefficient (Wildman–Crippen LogP) is 5.63. The maximum absolute atomic E-state index is 12.6. The minimum absolute atomic E-state index is 0.00246. The standard InChI is InChI=1S/C25H27F2N3O3S/c1-16(2)15-34(31,32)29-19-7-5-18(6-8-19)25-22(12-28)21-11-20(33-14-24(26)27)9-10-23(21)30(25)13-17-3-4-17/h5-11,16-17,24,29H,3-4,13-15H2,1-2H3. The highest BCUT2D eigenvalue weighted by molar-refractivity contribution is 7.92. The molecule has 0 bridgehead atoms. The van der Waals surface area contributed by atoms with Crippen LogP contribution in [0.15, 0.2) is 42.5 Å². The summed E-state index contributed by atoms with van der Waals surface area (Å²) in [6.07, 6.45) is -0.349. The molecule has 0 spiro atoms.